The molecule has 39 heavy (non-hydrogen) atoms. The summed E-state index contributed by atoms with van der Waals surface area (Å²) in [5, 5.41) is 0.630. The van der Waals surface area contributed by atoms with Gasteiger partial charge < -0.3 is 19.1 Å². The fraction of sp³-hybridized carbons (Fsp3) is 0.581. The number of hydrogen-bond acceptors (Lipinski definition) is 6. The number of ether oxygens (including phenoxy) is 3. The van der Waals surface area contributed by atoms with E-state index >= 15 is 0 Å². The maximum absolute atomic E-state index is 12.7. The highest BCUT2D eigenvalue weighted by molar-refractivity contribution is 6.31. The van der Waals surface area contributed by atoms with Crippen molar-refractivity contribution in [2.75, 3.05) is 26.8 Å². The van der Waals surface area contributed by atoms with Gasteiger partial charge in [-0.25, -0.2) is 9.78 Å². The van der Waals surface area contributed by atoms with E-state index in [1.165, 1.54) is 18.4 Å². The Morgan fingerprint density at radius 2 is 1.92 bits per heavy atom. The third kappa shape index (κ3) is 7.87. The minimum atomic E-state index is -0.521. The van der Waals surface area contributed by atoms with Crippen LogP contribution < -0.4 is 4.74 Å². The molecule has 7 nitrogen and oxygen atoms in total. The van der Waals surface area contributed by atoms with Crippen molar-refractivity contribution in [2.45, 2.75) is 83.7 Å². The number of esters is 1. The van der Waals surface area contributed by atoms with Crippen molar-refractivity contribution >= 4 is 23.7 Å². The summed E-state index contributed by atoms with van der Waals surface area (Å²) >= 11 is 6.73. The molecular weight excluding hydrogens is 516 g/mol. The van der Waals surface area contributed by atoms with E-state index in [1.807, 2.05) is 37.8 Å². The summed E-state index contributed by atoms with van der Waals surface area (Å²) in [5.74, 6) is 1.27. The number of pyridine rings is 1. The van der Waals surface area contributed by atoms with Crippen molar-refractivity contribution in [1.29, 1.82) is 0 Å². The second-order valence-electron chi connectivity index (χ2n) is 11.6. The molecule has 2 aliphatic rings. The van der Waals surface area contributed by atoms with Crippen LogP contribution in [0.1, 0.15) is 94.0 Å². The zero-order valence-corrected chi connectivity index (χ0v) is 24.6. The molecule has 2 aromatic rings. The Hall–Kier alpha value is -2.80. The topological polar surface area (TPSA) is 78.0 Å². The molecule has 1 amide bonds. The quantitative estimate of drug-likeness (QED) is 0.296. The van der Waals surface area contributed by atoms with Crippen LogP contribution in [0.5, 0.6) is 5.88 Å². The lowest BCUT2D eigenvalue weighted by Gasteiger charge is -2.25. The molecule has 1 saturated heterocycles. The number of carbonyl (C=O) groups is 2. The van der Waals surface area contributed by atoms with E-state index in [2.05, 4.69) is 18.2 Å². The van der Waals surface area contributed by atoms with Crippen molar-refractivity contribution in [1.82, 2.24) is 9.88 Å². The van der Waals surface area contributed by atoms with Crippen LogP contribution in [0.15, 0.2) is 30.3 Å². The highest BCUT2D eigenvalue weighted by atomic mass is 35.5. The van der Waals surface area contributed by atoms with Gasteiger partial charge in [0.25, 0.3) is 0 Å². The Morgan fingerprint density at radius 1 is 1.15 bits per heavy atom. The lowest BCUT2D eigenvalue weighted by molar-refractivity contribution is -0.143. The molecule has 1 saturated carbocycles. The number of nitrogens with zero attached hydrogens (tertiary/aromatic N) is 2. The lowest BCUT2D eigenvalue weighted by Crippen LogP contribution is -2.35. The van der Waals surface area contributed by atoms with Crippen molar-refractivity contribution in [3.05, 3.63) is 57.7 Å². The van der Waals surface area contributed by atoms with Crippen molar-refractivity contribution in [3.8, 4) is 5.88 Å². The van der Waals surface area contributed by atoms with Crippen molar-refractivity contribution < 1.29 is 23.8 Å². The Morgan fingerprint density at radius 3 is 2.56 bits per heavy atom. The van der Waals surface area contributed by atoms with Crippen LogP contribution in [-0.2, 0) is 20.7 Å². The average molecular weight is 557 g/mol. The average Bonchev–Trinajstić information content (AvgIpc) is 3.62. The van der Waals surface area contributed by atoms with Gasteiger partial charge >= 0.3 is 12.1 Å². The normalized spacial score (nSPS) is 18.1. The number of methoxy groups -OCH3 is 1. The van der Waals surface area contributed by atoms with E-state index in [4.69, 9.17) is 30.8 Å². The van der Waals surface area contributed by atoms with Gasteiger partial charge in [0.05, 0.1) is 19.4 Å². The minimum Gasteiger partial charge on any atom is -0.481 e. The summed E-state index contributed by atoms with van der Waals surface area (Å²) in [6.45, 7) is 9.16. The first-order chi connectivity index (χ1) is 18.6. The zero-order chi connectivity index (χ0) is 28.2. The monoisotopic (exact) mass is 556 g/mol. The van der Waals surface area contributed by atoms with E-state index in [0.717, 1.165) is 29.7 Å². The maximum atomic E-state index is 12.7. The van der Waals surface area contributed by atoms with E-state index in [0.29, 0.717) is 55.3 Å². The highest BCUT2D eigenvalue weighted by Gasteiger charge is 2.33. The van der Waals surface area contributed by atoms with Gasteiger partial charge in [0.15, 0.2) is 0 Å². The maximum Gasteiger partial charge on any atom is 0.410 e. The highest BCUT2D eigenvalue weighted by Crippen LogP contribution is 2.45. The Labute approximate surface area is 237 Å². The molecule has 0 radical (unpaired) electrons. The summed E-state index contributed by atoms with van der Waals surface area (Å²) < 4.78 is 16.4. The summed E-state index contributed by atoms with van der Waals surface area (Å²) in [4.78, 5) is 31.3. The van der Waals surface area contributed by atoms with Crippen molar-refractivity contribution in [2.24, 2.45) is 5.92 Å². The van der Waals surface area contributed by atoms with Gasteiger partial charge in [0, 0.05) is 36.0 Å². The first-order valence-corrected chi connectivity index (χ1v) is 14.4. The number of aromatic nitrogens is 1. The molecule has 0 bridgehead atoms. The molecule has 1 aromatic heterocycles. The number of likely N-dealkylation sites (tertiary alicyclic amines) is 1. The Bertz CT molecular complexity index is 1170. The van der Waals surface area contributed by atoms with Gasteiger partial charge in [-0.3, -0.25) is 4.79 Å². The van der Waals surface area contributed by atoms with E-state index < -0.39 is 5.60 Å². The van der Waals surface area contributed by atoms with Crippen LogP contribution in [0.2, 0.25) is 5.02 Å². The number of halogens is 1. The molecule has 1 unspecified atom stereocenters. The molecule has 4 rings (SSSR count). The van der Waals surface area contributed by atoms with Crippen LogP contribution in [0.4, 0.5) is 4.79 Å². The largest absolute Gasteiger partial charge is 0.481 e. The molecule has 1 aliphatic carbocycles. The van der Waals surface area contributed by atoms with E-state index in [9.17, 15) is 9.59 Å². The van der Waals surface area contributed by atoms with Crippen LogP contribution in [-0.4, -0.2) is 54.4 Å². The lowest BCUT2D eigenvalue weighted by atomic mass is 9.85. The van der Waals surface area contributed by atoms with Crippen LogP contribution in [0.3, 0.4) is 0 Å². The van der Waals surface area contributed by atoms with Gasteiger partial charge in [0.2, 0.25) is 5.88 Å². The van der Waals surface area contributed by atoms with Gasteiger partial charge in [0.1, 0.15) is 5.60 Å². The predicted molar refractivity (Wildman–Crippen MR) is 152 cm³/mol. The summed E-state index contributed by atoms with van der Waals surface area (Å²) in [6.07, 6.45) is 4.62. The molecule has 2 fully saturated rings. The number of rotatable bonds is 10. The molecule has 1 aliphatic heterocycles. The van der Waals surface area contributed by atoms with E-state index in [1.54, 1.807) is 14.0 Å². The van der Waals surface area contributed by atoms with Crippen LogP contribution in [0, 0.1) is 5.92 Å². The number of carbonyl (C=O) groups excluding carboxylic acids is 2. The van der Waals surface area contributed by atoms with Gasteiger partial charge in [-0.2, -0.15) is 0 Å². The first kappa shape index (κ1) is 29.2. The second-order valence-corrected chi connectivity index (χ2v) is 12.0. The van der Waals surface area contributed by atoms with Crippen LogP contribution in [0.25, 0.3) is 0 Å². The molecule has 0 spiro atoms. The standard InChI is InChI=1S/C31H41ClN2O5/c1-6-38-28(35)14-11-22-9-10-23(18-26(22)32)25(27-13-12-24(21-7-8-21)29(33-27)37-5)17-20-15-16-34(19-20)30(36)39-31(2,3)4/h9-10,12-13,18,20-21,25H,6-8,11,14-17,19H2,1-5H3/t20-,25?/m1/s1. The Kier molecular flexibility index (Phi) is 9.42. The third-order valence-electron chi connectivity index (χ3n) is 7.37. The second kappa shape index (κ2) is 12.6. The van der Waals surface area contributed by atoms with Crippen LogP contribution >= 0.6 is 11.6 Å². The van der Waals surface area contributed by atoms with Gasteiger partial charge in [-0.05, 0) is 94.9 Å². The first-order valence-electron chi connectivity index (χ1n) is 14.0. The summed E-state index contributed by atoms with van der Waals surface area (Å²) in [6, 6.07) is 10.4. The SMILES string of the molecule is CCOC(=O)CCc1ccc(C(C[C@H]2CCN(C(=O)OC(C)(C)C)C2)c2ccc(C3CC3)c(OC)n2)cc1Cl. The molecule has 212 valence electrons. The molecule has 8 heteroatoms. The van der Waals surface area contributed by atoms with E-state index in [-0.39, 0.29) is 18.0 Å². The number of amides is 1. The Balaban J connectivity index is 1.56. The number of hydrogen-bond donors (Lipinski definition) is 0. The van der Waals surface area contributed by atoms with Crippen molar-refractivity contribution in [3.63, 3.8) is 0 Å². The number of benzene rings is 1. The smallest absolute Gasteiger partial charge is 0.410 e. The summed E-state index contributed by atoms with van der Waals surface area (Å²) in [5.41, 5.74) is 3.56. The molecule has 0 N–H and O–H groups in total. The zero-order valence-electron chi connectivity index (χ0n) is 23.8. The summed E-state index contributed by atoms with van der Waals surface area (Å²) in [7, 11) is 1.68. The number of aryl methyl sites for hydroxylation is 1. The molecule has 1 aromatic carbocycles. The predicted octanol–water partition coefficient (Wildman–Crippen LogP) is 6.90. The third-order valence-corrected chi connectivity index (χ3v) is 7.72. The van der Waals surface area contributed by atoms with Gasteiger partial charge in [-0.15, -0.1) is 0 Å². The fourth-order valence-corrected chi connectivity index (χ4v) is 5.54. The molecule has 2 heterocycles. The molecule has 2 atom stereocenters. The van der Waals surface area contributed by atoms with Gasteiger partial charge in [-0.1, -0.05) is 29.8 Å². The fourth-order valence-electron chi connectivity index (χ4n) is 5.26. The minimum absolute atomic E-state index is 0.0210. The molecular formula is C31H41ClN2O5.